The van der Waals surface area contributed by atoms with Crippen molar-refractivity contribution in [2.75, 3.05) is 7.11 Å². The highest BCUT2D eigenvalue weighted by atomic mass is 32.1. The topological polar surface area (TPSA) is 67.8 Å². The van der Waals surface area contributed by atoms with E-state index >= 15 is 0 Å². The highest BCUT2D eigenvalue weighted by Gasteiger charge is 2.40. The molecule has 0 radical (unpaired) electrons. The molecule has 1 aromatic rings. The summed E-state index contributed by atoms with van der Waals surface area (Å²) in [6.45, 7) is 2.00. The van der Waals surface area contributed by atoms with Crippen LogP contribution < -0.4 is 10.6 Å². The summed E-state index contributed by atoms with van der Waals surface area (Å²) < 4.78 is 36.3. The molecule has 1 aliphatic carbocycles. The molecule has 3 N–H and O–H groups in total. The number of nitrogens with zero attached hydrogens (tertiary/aromatic N) is 1. The van der Waals surface area contributed by atoms with Crippen LogP contribution in [0, 0.1) is 18.8 Å². The number of alkyl halides is 3. The van der Waals surface area contributed by atoms with Gasteiger partial charge in [0.05, 0.1) is 17.7 Å². The van der Waals surface area contributed by atoms with Crippen LogP contribution in [0.15, 0.2) is 29.3 Å². The Balaban J connectivity index is 0.000000279. The molecule has 2 heterocycles. The average molecular weight is 400 g/mol. The second-order valence-corrected chi connectivity index (χ2v) is 7.05. The van der Waals surface area contributed by atoms with Crippen molar-refractivity contribution in [3.05, 3.63) is 40.0 Å². The maximum atomic E-state index is 11.0. The van der Waals surface area contributed by atoms with Crippen molar-refractivity contribution < 1.29 is 28.0 Å². The molecule has 0 bridgehead atoms. The average Bonchev–Trinajstić information content (AvgIpc) is 3.01. The van der Waals surface area contributed by atoms with E-state index in [1.54, 1.807) is 11.3 Å². The van der Waals surface area contributed by atoms with Gasteiger partial charge in [-0.3, -0.25) is 5.32 Å². The number of carbonyl (C=O) groups excluding carboxylic acids is 1. The minimum absolute atomic E-state index is 0.373. The Kier molecular flexibility index (Phi) is 7.59. The number of halogens is 3. The summed E-state index contributed by atoms with van der Waals surface area (Å²) in [5, 5.41) is 8.86. The number of allylic oxidation sites excluding steroid dienone is 2. The van der Waals surface area contributed by atoms with Crippen LogP contribution in [0.1, 0.15) is 30.0 Å². The van der Waals surface area contributed by atoms with Crippen molar-refractivity contribution in [3.8, 4) is 11.8 Å². The number of ether oxygens (including phenoxy) is 1. The number of nitrogens with one attached hydrogen (secondary N) is 1. The molecule has 1 saturated carbocycles. The first-order valence-corrected chi connectivity index (χ1v) is 9.24. The number of esters is 1. The lowest BCUT2D eigenvalue weighted by atomic mass is 9.93. The van der Waals surface area contributed by atoms with Crippen molar-refractivity contribution in [1.29, 1.82) is 0 Å². The zero-order valence-corrected chi connectivity index (χ0v) is 15.8. The van der Waals surface area contributed by atoms with E-state index in [4.69, 9.17) is 0 Å². The minimum Gasteiger partial charge on any atom is -0.462 e. The minimum atomic E-state index is -4.85. The van der Waals surface area contributed by atoms with Crippen molar-refractivity contribution >= 4 is 17.3 Å². The summed E-state index contributed by atoms with van der Waals surface area (Å²) in [6, 6.07) is 0.713. The predicted octanol–water partition coefficient (Wildman–Crippen LogP) is 2.01. The molecule has 0 aromatic carbocycles. The normalized spacial score (nSPS) is 19.0. The van der Waals surface area contributed by atoms with Crippen LogP contribution in [-0.2, 0) is 9.53 Å². The van der Waals surface area contributed by atoms with Crippen LogP contribution in [0.2, 0.25) is 0 Å². The molecule has 0 spiro atoms. The molecule has 27 heavy (non-hydrogen) atoms. The van der Waals surface area contributed by atoms with E-state index in [2.05, 4.69) is 50.5 Å². The second-order valence-electron chi connectivity index (χ2n) is 5.98. The van der Waals surface area contributed by atoms with Crippen LogP contribution in [0.5, 0.6) is 0 Å². The van der Waals surface area contributed by atoms with Gasteiger partial charge >= 0.3 is 12.1 Å². The van der Waals surface area contributed by atoms with Gasteiger partial charge in [0.1, 0.15) is 11.9 Å². The fourth-order valence-electron chi connectivity index (χ4n) is 2.25. The third-order valence-corrected chi connectivity index (χ3v) is 4.64. The molecule has 3 rings (SSSR count). The van der Waals surface area contributed by atoms with Crippen LogP contribution in [0.3, 0.4) is 0 Å². The summed E-state index contributed by atoms with van der Waals surface area (Å²) in [5.41, 5.74) is 1.92. The van der Waals surface area contributed by atoms with Gasteiger partial charge in [-0.05, 0) is 37.8 Å². The third-order valence-electron chi connectivity index (χ3n) is 3.87. The van der Waals surface area contributed by atoms with Crippen molar-refractivity contribution in [1.82, 2.24) is 10.3 Å². The number of hydrogen-bond acceptors (Lipinski definition) is 5. The number of hydrogen-bond donors (Lipinski definition) is 2. The lowest BCUT2D eigenvalue weighted by Gasteiger charge is -2.29. The molecule has 1 aliphatic heterocycles. The van der Waals surface area contributed by atoms with Gasteiger partial charge in [0, 0.05) is 11.4 Å². The fourth-order valence-corrected chi connectivity index (χ4v) is 2.79. The molecule has 2 aliphatic rings. The molecule has 1 atom stereocenters. The quantitative estimate of drug-likeness (QED) is 0.589. The number of aromatic nitrogens is 1. The van der Waals surface area contributed by atoms with Crippen molar-refractivity contribution in [3.63, 3.8) is 0 Å². The summed E-state index contributed by atoms with van der Waals surface area (Å²) >= 11 is 1.64. The molecule has 1 aromatic heterocycles. The Hall–Kier alpha value is -2.15. The smallest absolute Gasteiger partial charge is 0.462 e. The first-order valence-electron chi connectivity index (χ1n) is 8.36. The highest BCUT2D eigenvalue weighted by Crippen LogP contribution is 2.18. The fraction of sp³-hybridized carbons (Fsp3) is 0.444. The maximum absolute atomic E-state index is 11.0. The van der Waals surface area contributed by atoms with E-state index in [0.717, 1.165) is 16.3 Å². The maximum Gasteiger partial charge on any atom is 0.490 e. The van der Waals surface area contributed by atoms with Crippen LogP contribution in [-0.4, -0.2) is 36.4 Å². The Morgan fingerprint density at radius 2 is 2.15 bits per heavy atom. The van der Waals surface area contributed by atoms with E-state index in [0.29, 0.717) is 19.3 Å². The third kappa shape index (κ3) is 7.17. The van der Waals surface area contributed by atoms with Gasteiger partial charge in [-0.25, -0.2) is 9.78 Å². The SMILES string of the molecule is COC(=O)C(F)(F)F.Cc1nc(C#CC2=C[NH2+]C(NC3CCC3)C=C2)cs1. The van der Waals surface area contributed by atoms with Crippen LogP contribution in [0.4, 0.5) is 13.2 Å². The van der Waals surface area contributed by atoms with Crippen molar-refractivity contribution in [2.45, 2.75) is 44.6 Å². The predicted molar refractivity (Wildman–Crippen MR) is 95.5 cm³/mol. The number of rotatable bonds is 2. The summed E-state index contributed by atoms with van der Waals surface area (Å²) in [7, 11) is 0.676. The van der Waals surface area contributed by atoms with E-state index in [-0.39, 0.29) is 0 Å². The highest BCUT2D eigenvalue weighted by molar-refractivity contribution is 7.09. The Bertz CT molecular complexity index is 771. The number of thiazole rings is 1. The van der Waals surface area contributed by atoms with Crippen LogP contribution in [0.25, 0.3) is 0 Å². The van der Waals surface area contributed by atoms with Gasteiger partial charge in [-0.15, -0.1) is 11.3 Å². The summed E-state index contributed by atoms with van der Waals surface area (Å²) in [6.07, 6.45) is 5.91. The molecular formula is C18H21F3N3O2S+. The Morgan fingerprint density at radius 1 is 1.41 bits per heavy atom. The number of aryl methyl sites for hydroxylation is 1. The van der Waals surface area contributed by atoms with Crippen molar-refractivity contribution in [2.24, 2.45) is 0 Å². The molecule has 0 amide bonds. The first-order chi connectivity index (χ1) is 12.8. The second kappa shape index (κ2) is 9.69. The van der Waals surface area contributed by atoms with E-state index in [9.17, 15) is 18.0 Å². The molecule has 1 unspecified atom stereocenters. The molecule has 9 heteroatoms. The molecule has 146 valence electrons. The number of methoxy groups -OCH3 is 1. The first kappa shape index (κ1) is 21.2. The van der Waals surface area contributed by atoms with Gasteiger partial charge in [-0.1, -0.05) is 12.3 Å². The van der Waals surface area contributed by atoms with Crippen LogP contribution >= 0.6 is 11.3 Å². The number of quaternary nitrogens is 1. The monoisotopic (exact) mass is 400 g/mol. The van der Waals surface area contributed by atoms with Gasteiger partial charge in [0.15, 0.2) is 6.17 Å². The summed E-state index contributed by atoms with van der Waals surface area (Å²) in [5.74, 6) is 4.10. The zero-order valence-electron chi connectivity index (χ0n) is 15.0. The molecule has 5 nitrogen and oxygen atoms in total. The van der Waals surface area contributed by atoms with E-state index in [1.165, 1.54) is 19.3 Å². The summed E-state index contributed by atoms with van der Waals surface area (Å²) in [4.78, 5) is 13.8. The molecule has 1 fully saturated rings. The van der Waals surface area contributed by atoms with Gasteiger partial charge in [0.25, 0.3) is 0 Å². The number of carbonyl (C=O) groups is 1. The van der Waals surface area contributed by atoms with E-state index in [1.807, 2.05) is 12.3 Å². The molecule has 0 saturated heterocycles. The van der Waals surface area contributed by atoms with Gasteiger partial charge in [0.2, 0.25) is 0 Å². The standard InChI is InChI=1S/C15H17N3S.C3H3F3O2/c1-11-17-14(10-19-11)7-5-12-6-8-15(16-9-12)18-13-3-2-4-13;1-8-2(7)3(4,5)6/h6,8-10,13,15-16,18H,2-4H2,1H3;1H3/p+1. The largest absolute Gasteiger partial charge is 0.490 e. The zero-order chi connectivity index (χ0) is 19.9. The lowest BCUT2D eigenvalue weighted by molar-refractivity contribution is -0.623. The Morgan fingerprint density at radius 3 is 2.56 bits per heavy atom. The number of nitrogens with two attached hydrogens (primary N) is 1. The van der Waals surface area contributed by atoms with E-state index < -0.39 is 12.1 Å². The van der Waals surface area contributed by atoms with Gasteiger partial charge in [-0.2, -0.15) is 13.2 Å². The van der Waals surface area contributed by atoms with Gasteiger partial charge < -0.3 is 10.1 Å². The molecular weight excluding hydrogens is 379 g/mol. The Labute approximate surface area is 159 Å². The lowest BCUT2D eigenvalue weighted by Crippen LogP contribution is -2.89.